The normalized spacial score (nSPS) is 13.2. The molecule has 0 aliphatic carbocycles. The highest BCUT2D eigenvalue weighted by Crippen LogP contribution is 2.34. The standard InChI is InChI=1S/C15H11ClF4/c16-13(8-10-4-2-1-3-5-10)11-6-7-14(17)12(9-11)15(18,19)20/h1-7,9,13H,8H2. The maximum atomic E-state index is 13.2. The molecule has 2 rings (SSSR count). The van der Waals surface area contributed by atoms with Crippen LogP contribution in [-0.2, 0) is 12.6 Å². The van der Waals surface area contributed by atoms with Gasteiger partial charge in [0.25, 0.3) is 0 Å². The smallest absolute Gasteiger partial charge is 0.206 e. The average molecular weight is 303 g/mol. The van der Waals surface area contributed by atoms with E-state index in [-0.39, 0.29) is 5.56 Å². The molecule has 0 aromatic heterocycles. The second-order valence-corrected chi connectivity index (χ2v) is 4.92. The van der Waals surface area contributed by atoms with Crippen LogP contribution in [-0.4, -0.2) is 0 Å². The fourth-order valence-electron chi connectivity index (χ4n) is 1.89. The number of alkyl halides is 4. The number of hydrogen-bond acceptors (Lipinski definition) is 0. The minimum absolute atomic E-state index is 0.254. The lowest BCUT2D eigenvalue weighted by atomic mass is 10.0. The molecule has 0 saturated carbocycles. The van der Waals surface area contributed by atoms with Gasteiger partial charge in [0.15, 0.2) is 0 Å². The minimum atomic E-state index is -4.72. The Morgan fingerprint density at radius 3 is 2.25 bits per heavy atom. The van der Waals surface area contributed by atoms with E-state index in [0.29, 0.717) is 6.42 Å². The van der Waals surface area contributed by atoms with Gasteiger partial charge in [0, 0.05) is 0 Å². The molecule has 106 valence electrons. The van der Waals surface area contributed by atoms with Crippen LogP contribution in [0.25, 0.3) is 0 Å². The largest absolute Gasteiger partial charge is 0.419 e. The second kappa shape index (κ2) is 5.83. The summed E-state index contributed by atoms with van der Waals surface area (Å²) in [5.74, 6) is -1.29. The minimum Gasteiger partial charge on any atom is -0.206 e. The van der Waals surface area contributed by atoms with Crippen LogP contribution >= 0.6 is 11.6 Å². The van der Waals surface area contributed by atoms with Crippen molar-refractivity contribution in [1.82, 2.24) is 0 Å². The Hall–Kier alpha value is -1.55. The van der Waals surface area contributed by atoms with Crippen LogP contribution in [0.5, 0.6) is 0 Å². The van der Waals surface area contributed by atoms with Crippen molar-refractivity contribution in [3.8, 4) is 0 Å². The maximum absolute atomic E-state index is 13.2. The van der Waals surface area contributed by atoms with Gasteiger partial charge >= 0.3 is 6.18 Å². The van der Waals surface area contributed by atoms with Gasteiger partial charge in [-0.2, -0.15) is 13.2 Å². The van der Waals surface area contributed by atoms with Gasteiger partial charge in [-0.3, -0.25) is 0 Å². The molecule has 0 saturated heterocycles. The summed E-state index contributed by atoms with van der Waals surface area (Å²) < 4.78 is 51.1. The number of hydrogen-bond donors (Lipinski definition) is 0. The van der Waals surface area contributed by atoms with Crippen molar-refractivity contribution in [3.05, 3.63) is 71.0 Å². The van der Waals surface area contributed by atoms with Crippen LogP contribution in [0.4, 0.5) is 17.6 Å². The maximum Gasteiger partial charge on any atom is 0.419 e. The van der Waals surface area contributed by atoms with E-state index in [0.717, 1.165) is 17.7 Å². The molecule has 0 bridgehead atoms. The molecule has 20 heavy (non-hydrogen) atoms. The Morgan fingerprint density at radius 1 is 1.00 bits per heavy atom. The summed E-state index contributed by atoms with van der Waals surface area (Å²) in [5.41, 5.74) is -0.122. The van der Waals surface area contributed by atoms with Gasteiger partial charge in [-0.05, 0) is 29.7 Å². The number of rotatable bonds is 3. The SMILES string of the molecule is Fc1ccc(C(Cl)Cc2ccccc2)cc1C(F)(F)F. The fourth-order valence-corrected chi connectivity index (χ4v) is 2.21. The summed E-state index contributed by atoms with van der Waals surface area (Å²) in [5, 5.41) is -0.640. The highest BCUT2D eigenvalue weighted by molar-refractivity contribution is 6.20. The Kier molecular flexibility index (Phi) is 4.33. The third-order valence-electron chi connectivity index (χ3n) is 2.92. The first kappa shape index (κ1) is 14.9. The molecule has 2 aromatic carbocycles. The molecule has 1 atom stereocenters. The average Bonchev–Trinajstić information content (AvgIpc) is 2.39. The second-order valence-electron chi connectivity index (χ2n) is 4.39. The lowest BCUT2D eigenvalue weighted by molar-refractivity contribution is -0.140. The third kappa shape index (κ3) is 3.51. The van der Waals surface area contributed by atoms with E-state index < -0.39 is 22.9 Å². The van der Waals surface area contributed by atoms with Gasteiger partial charge in [-0.1, -0.05) is 36.4 Å². The number of halogens is 5. The molecular formula is C15H11ClF4. The lowest BCUT2D eigenvalue weighted by Gasteiger charge is -2.14. The van der Waals surface area contributed by atoms with Gasteiger partial charge in [0.1, 0.15) is 5.82 Å². The summed E-state index contributed by atoms with van der Waals surface area (Å²) in [6, 6.07) is 12.0. The highest BCUT2D eigenvalue weighted by atomic mass is 35.5. The van der Waals surface area contributed by atoms with Gasteiger partial charge in [0.05, 0.1) is 10.9 Å². The first-order chi connectivity index (χ1) is 9.38. The van der Waals surface area contributed by atoms with Crippen LogP contribution in [0.2, 0.25) is 0 Å². The summed E-state index contributed by atoms with van der Waals surface area (Å²) in [4.78, 5) is 0. The van der Waals surface area contributed by atoms with Crippen LogP contribution in [0.15, 0.2) is 48.5 Å². The molecule has 0 heterocycles. The molecule has 0 N–H and O–H groups in total. The van der Waals surface area contributed by atoms with Crippen molar-refractivity contribution >= 4 is 11.6 Å². The van der Waals surface area contributed by atoms with Crippen LogP contribution in [0.1, 0.15) is 22.1 Å². The summed E-state index contributed by atoms with van der Waals surface area (Å²) in [6.07, 6.45) is -4.34. The van der Waals surface area contributed by atoms with E-state index in [1.165, 1.54) is 6.07 Å². The van der Waals surface area contributed by atoms with Crippen molar-refractivity contribution in [1.29, 1.82) is 0 Å². The van der Waals surface area contributed by atoms with Gasteiger partial charge < -0.3 is 0 Å². The monoisotopic (exact) mass is 302 g/mol. The molecule has 0 fully saturated rings. The zero-order chi connectivity index (χ0) is 14.8. The fraction of sp³-hybridized carbons (Fsp3) is 0.200. The summed E-state index contributed by atoms with van der Waals surface area (Å²) >= 11 is 6.13. The zero-order valence-electron chi connectivity index (χ0n) is 10.3. The molecule has 0 nitrogen and oxygen atoms in total. The molecule has 1 unspecified atom stereocenters. The number of benzene rings is 2. The van der Waals surface area contributed by atoms with Crippen molar-refractivity contribution < 1.29 is 17.6 Å². The van der Waals surface area contributed by atoms with Crippen molar-refractivity contribution in [2.24, 2.45) is 0 Å². The molecule has 2 aromatic rings. The Morgan fingerprint density at radius 2 is 1.65 bits per heavy atom. The Bertz CT molecular complexity index is 578. The van der Waals surface area contributed by atoms with E-state index >= 15 is 0 Å². The Labute approximate surface area is 119 Å². The summed E-state index contributed by atoms with van der Waals surface area (Å²) in [7, 11) is 0. The first-order valence-corrected chi connectivity index (χ1v) is 6.36. The Balaban J connectivity index is 2.25. The predicted molar refractivity (Wildman–Crippen MR) is 70.1 cm³/mol. The van der Waals surface area contributed by atoms with E-state index in [1.54, 1.807) is 0 Å². The molecule has 0 radical (unpaired) electrons. The molecule has 0 amide bonds. The van der Waals surface area contributed by atoms with Gasteiger partial charge in [-0.15, -0.1) is 11.6 Å². The molecule has 0 spiro atoms. The quantitative estimate of drug-likeness (QED) is 0.528. The van der Waals surface area contributed by atoms with E-state index in [9.17, 15) is 17.6 Å². The molecule has 0 aliphatic heterocycles. The van der Waals surface area contributed by atoms with Crippen LogP contribution in [0, 0.1) is 5.82 Å². The van der Waals surface area contributed by atoms with Crippen LogP contribution in [0.3, 0.4) is 0 Å². The third-order valence-corrected chi connectivity index (χ3v) is 3.32. The van der Waals surface area contributed by atoms with Crippen molar-refractivity contribution in [2.75, 3.05) is 0 Å². The van der Waals surface area contributed by atoms with Crippen molar-refractivity contribution in [3.63, 3.8) is 0 Å². The lowest BCUT2D eigenvalue weighted by Crippen LogP contribution is -2.09. The van der Waals surface area contributed by atoms with Gasteiger partial charge in [-0.25, -0.2) is 4.39 Å². The first-order valence-electron chi connectivity index (χ1n) is 5.92. The van der Waals surface area contributed by atoms with E-state index in [2.05, 4.69) is 0 Å². The van der Waals surface area contributed by atoms with Gasteiger partial charge in [0.2, 0.25) is 0 Å². The molecular weight excluding hydrogens is 292 g/mol. The van der Waals surface area contributed by atoms with E-state index in [4.69, 9.17) is 11.6 Å². The van der Waals surface area contributed by atoms with Crippen LogP contribution < -0.4 is 0 Å². The van der Waals surface area contributed by atoms with Crippen molar-refractivity contribution in [2.45, 2.75) is 18.0 Å². The molecule has 0 aliphatic rings. The predicted octanol–water partition coefficient (Wildman–Crippen LogP) is 5.37. The topological polar surface area (TPSA) is 0 Å². The highest BCUT2D eigenvalue weighted by Gasteiger charge is 2.34. The summed E-state index contributed by atoms with van der Waals surface area (Å²) in [6.45, 7) is 0. The molecule has 5 heteroatoms. The van der Waals surface area contributed by atoms with E-state index in [1.807, 2.05) is 30.3 Å². The zero-order valence-corrected chi connectivity index (χ0v) is 11.0.